The summed E-state index contributed by atoms with van der Waals surface area (Å²) in [4.78, 5) is 51.1. The quantitative estimate of drug-likeness (QED) is 0.205. The fraction of sp³-hybridized carbons (Fsp3) is 0.158. The Labute approximate surface area is 318 Å². The number of rotatable bonds is 0. The Bertz CT molecular complexity index is 1850. The van der Waals surface area contributed by atoms with Gasteiger partial charge in [0.15, 0.2) is 24.4 Å². The van der Waals surface area contributed by atoms with Crippen molar-refractivity contribution in [1.82, 2.24) is 21.7 Å². The smallest absolute Gasteiger partial charge is 0.272 e. The maximum absolute atomic E-state index is 12.8. The Morgan fingerprint density at radius 1 is 0.357 bits per heavy atom. The van der Waals surface area contributed by atoms with Crippen LogP contribution in [0.3, 0.4) is 0 Å². The Morgan fingerprint density at radius 2 is 0.571 bits per heavy atom. The maximum Gasteiger partial charge on any atom is 0.272 e. The van der Waals surface area contributed by atoms with Gasteiger partial charge in [-0.05, 0) is 119 Å². The normalized spacial score (nSPS) is 24.1. The summed E-state index contributed by atoms with van der Waals surface area (Å²) in [6.07, 6.45) is 0.690. The van der Waals surface area contributed by atoms with Crippen LogP contribution >= 0.6 is 0 Å². The summed E-state index contributed by atoms with van der Waals surface area (Å²) in [5, 5.41) is 15.9. The van der Waals surface area contributed by atoms with E-state index in [4.69, 9.17) is 28.4 Å². The number of carbonyl (C=O) groups excluding carboxylic acids is 4. The zero-order chi connectivity index (χ0) is 38.7. The van der Waals surface area contributed by atoms with Gasteiger partial charge in [0.05, 0.1) is 24.9 Å². The van der Waals surface area contributed by atoms with Crippen LogP contribution < -0.4 is 31.2 Å². The molecule has 4 amide bonds. The van der Waals surface area contributed by atoms with E-state index in [1.54, 1.807) is 97.1 Å². The standard InChI is InChI=1S/C38H32N8O10/c47-35-31-32(52-21-51-31)36(48)44-41-19-25-5-13-29(14-6-25)56-30-15-7-26(8-16-30)20-42-46-38(50)34-33(53-22-54-34)37(49)45-40-18-24-3-11-28(12-4-24)55-27-9-1-23(2-10-27)17-39-43-35/h1-20,31-34H,21-22H2,(H,43,47)(H,44,48)(H,45,49)(H,46,50)/b39-17+,40-18+,41-19+,42-20+/t31-,32-,33-,34-/m0/s1. The van der Waals surface area contributed by atoms with Crippen molar-refractivity contribution in [2.24, 2.45) is 20.4 Å². The highest BCUT2D eigenvalue weighted by molar-refractivity contribution is 5.94. The fourth-order valence-electron chi connectivity index (χ4n) is 5.27. The molecule has 0 unspecified atom stereocenters. The molecule has 0 aromatic heterocycles. The molecule has 8 bridgehead atoms. The van der Waals surface area contributed by atoms with Gasteiger partial charge in [-0.25, -0.2) is 21.7 Å². The second kappa shape index (κ2) is 17.8. The first-order chi connectivity index (χ1) is 27.4. The van der Waals surface area contributed by atoms with Crippen molar-refractivity contribution in [3.05, 3.63) is 119 Å². The predicted molar refractivity (Wildman–Crippen MR) is 198 cm³/mol. The van der Waals surface area contributed by atoms with E-state index in [-0.39, 0.29) is 13.6 Å². The van der Waals surface area contributed by atoms with Gasteiger partial charge in [0.25, 0.3) is 23.6 Å². The van der Waals surface area contributed by atoms with E-state index in [0.29, 0.717) is 45.3 Å². The summed E-state index contributed by atoms with van der Waals surface area (Å²) in [6, 6.07) is 27.6. The van der Waals surface area contributed by atoms with Crippen molar-refractivity contribution in [2.75, 3.05) is 13.6 Å². The molecule has 18 heteroatoms. The molecule has 9 aliphatic rings. The van der Waals surface area contributed by atoms with Crippen LogP contribution in [0, 0.1) is 0 Å². The van der Waals surface area contributed by atoms with Crippen LogP contribution in [0.15, 0.2) is 117 Å². The Balaban J connectivity index is 1.04. The number of amides is 4. The molecule has 4 N–H and O–H groups in total. The Kier molecular flexibility index (Phi) is 11.8. The summed E-state index contributed by atoms with van der Waals surface area (Å²) in [5.74, 6) is -0.553. The molecule has 0 aliphatic carbocycles. The molecule has 2 fully saturated rings. The third-order valence-electron chi connectivity index (χ3n) is 8.12. The monoisotopic (exact) mass is 760 g/mol. The summed E-state index contributed by atoms with van der Waals surface area (Å²) in [6.45, 7) is -0.524. The first kappa shape index (κ1) is 37.2. The molecule has 284 valence electrons. The zero-order valence-electron chi connectivity index (χ0n) is 29.1. The molecule has 4 atom stereocenters. The van der Waals surface area contributed by atoms with E-state index in [1.165, 1.54) is 24.9 Å². The second-order valence-corrected chi connectivity index (χ2v) is 12.0. The summed E-state index contributed by atoms with van der Waals surface area (Å²) < 4.78 is 33.1. The van der Waals surface area contributed by atoms with Gasteiger partial charge in [0.2, 0.25) is 0 Å². The van der Waals surface area contributed by atoms with Gasteiger partial charge in [-0.3, -0.25) is 19.2 Å². The van der Waals surface area contributed by atoms with Crippen LogP contribution in [0.1, 0.15) is 22.3 Å². The molecule has 56 heavy (non-hydrogen) atoms. The van der Waals surface area contributed by atoms with Gasteiger partial charge in [0.1, 0.15) is 36.6 Å². The third-order valence-corrected chi connectivity index (χ3v) is 8.12. The minimum Gasteiger partial charge on any atom is -0.457 e. The highest BCUT2D eigenvalue weighted by Crippen LogP contribution is 2.23. The molecular formula is C38H32N8O10. The minimum absolute atomic E-state index is 0.262. The largest absolute Gasteiger partial charge is 0.457 e. The Hall–Kier alpha value is -7.12. The van der Waals surface area contributed by atoms with Gasteiger partial charge >= 0.3 is 0 Å². The molecule has 9 aliphatic heterocycles. The van der Waals surface area contributed by atoms with E-state index in [0.717, 1.165) is 0 Å². The summed E-state index contributed by atoms with van der Waals surface area (Å²) in [7, 11) is 0. The maximum atomic E-state index is 12.8. The number of nitrogens with zero attached hydrogens (tertiary/aromatic N) is 4. The first-order valence-electron chi connectivity index (χ1n) is 16.9. The lowest BCUT2D eigenvalue weighted by molar-refractivity contribution is -0.137. The number of carbonyl (C=O) groups is 4. The molecule has 18 nitrogen and oxygen atoms in total. The summed E-state index contributed by atoms with van der Waals surface area (Å²) in [5.41, 5.74) is 12.1. The SMILES string of the molecule is O=C1N/N=C/c2ccc(cc2)Oc2ccc(cc2)/C=N/NC(=O)[C@H]2OCO[C@@H]2C(=O)N/N=C/c2ccc(cc2)Oc2ccc(cc2)/C=N/NC(=O)[C@H]2OCO[C@H]12. The summed E-state index contributed by atoms with van der Waals surface area (Å²) >= 11 is 0. The van der Waals surface area contributed by atoms with Crippen LogP contribution in [0.2, 0.25) is 0 Å². The number of hydrogen-bond donors (Lipinski definition) is 4. The highest BCUT2D eigenvalue weighted by atomic mass is 16.7. The molecule has 13 rings (SSSR count). The molecule has 0 spiro atoms. The van der Waals surface area contributed by atoms with Gasteiger partial charge in [-0.2, -0.15) is 20.4 Å². The minimum atomic E-state index is -1.25. The van der Waals surface area contributed by atoms with Crippen LogP contribution in [-0.4, -0.2) is 86.5 Å². The molecular weight excluding hydrogens is 728 g/mol. The van der Waals surface area contributed by atoms with Crippen molar-refractivity contribution in [3.8, 4) is 23.0 Å². The second-order valence-electron chi connectivity index (χ2n) is 12.0. The number of hydrogen-bond acceptors (Lipinski definition) is 14. The van der Waals surface area contributed by atoms with Crippen LogP contribution in [-0.2, 0) is 38.1 Å². The van der Waals surface area contributed by atoms with Gasteiger partial charge < -0.3 is 28.4 Å². The number of hydrazone groups is 4. The van der Waals surface area contributed by atoms with Gasteiger partial charge in [0, 0.05) is 0 Å². The van der Waals surface area contributed by atoms with E-state index in [2.05, 4.69) is 42.1 Å². The average molecular weight is 761 g/mol. The lowest BCUT2D eigenvalue weighted by Crippen LogP contribution is -2.45. The van der Waals surface area contributed by atoms with Crippen molar-refractivity contribution in [3.63, 3.8) is 0 Å². The molecule has 9 heterocycles. The number of benzene rings is 4. The van der Waals surface area contributed by atoms with Crippen molar-refractivity contribution >= 4 is 48.5 Å². The first-order valence-corrected chi connectivity index (χ1v) is 16.9. The van der Waals surface area contributed by atoms with E-state index < -0.39 is 48.0 Å². The fourth-order valence-corrected chi connectivity index (χ4v) is 5.27. The topological polar surface area (TPSA) is 221 Å². The molecule has 0 radical (unpaired) electrons. The number of nitrogens with one attached hydrogen (secondary N) is 4. The molecule has 0 saturated carbocycles. The zero-order valence-corrected chi connectivity index (χ0v) is 29.1. The lowest BCUT2D eigenvalue weighted by Gasteiger charge is -2.13. The van der Waals surface area contributed by atoms with E-state index in [9.17, 15) is 19.2 Å². The molecule has 4 aromatic carbocycles. The Morgan fingerprint density at radius 3 is 0.786 bits per heavy atom. The van der Waals surface area contributed by atoms with Crippen LogP contribution in [0.25, 0.3) is 0 Å². The highest BCUT2D eigenvalue weighted by Gasteiger charge is 2.41. The van der Waals surface area contributed by atoms with Gasteiger partial charge in [-0.1, -0.05) is 0 Å². The van der Waals surface area contributed by atoms with Crippen molar-refractivity contribution in [2.45, 2.75) is 24.4 Å². The van der Waals surface area contributed by atoms with Gasteiger partial charge in [-0.15, -0.1) is 0 Å². The lowest BCUT2D eigenvalue weighted by atomic mass is 10.2. The van der Waals surface area contributed by atoms with Crippen molar-refractivity contribution < 1.29 is 47.6 Å². The third kappa shape index (κ3) is 9.70. The average Bonchev–Trinajstić information content (AvgIpc) is 3.92. The predicted octanol–water partition coefficient (Wildman–Crippen LogP) is 2.27. The molecule has 2 saturated heterocycles. The van der Waals surface area contributed by atoms with Crippen LogP contribution in [0.5, 0.6) is 23.0 Å². The molecule has 4 aromatic rings. The van der Waals surface area contributed by atoms with E-state index >= 15 is 0 Å². The van der Waals surface area contributed by atoms with Crippen molar-refractivity contribution in [1.29, 1.82) is 0 Å². The van der Waals surface area contributed by atoms with Crippen LogP contribution in [0.4, 0.5) is 0 Å². The number of ether oxygens (including phenoxy) is 6. The van der Waals surface area contributed by atoms with E-state index in [1.807, 2.05) is 0 Å².